The second-order valence-electron chi connectivity index (χ2n) is 8.06. The van der Waals surface area contributed by atoms with Crippen molar-refractivity contribution in [2.24, 2.45) is 0 Å². The lowest BCUT2D eigenvalue weighted by molar-refractivity contribution is -0.383. The number of fused-ring (bicyclic) bond motifs is 1. The Labute approximate surface area is 194 Å². The summed E-state index contributed by atoms with van der Waals surface area (Å²) in [5.41, 5.74) is 1.24. The van der Waals surface area contributed by atoms with Crippen LogP contribution in [0.4, 0.5) is 5.69 Å². The van der Waals surface area contributed by atoms with Crippen LogP contribution in [0.25, 0.3) is 11.0 Å². The molecule has 2 unspecified atom stereocenters. The van der Waals surface area contributed by atoms with Gasteiger partial charge in [0.05, 0.1) is 16.9 Å². The fourth-order valence-electron chi connectivity index (χ4n) is 4.18. The molecule has 1 saturated carbocycles. The Morgan fingerprint density at radius 2 is 1.82 bits per heavy atom. The molecule has 1 fully saturated rings. The molecule has 1 aliphatic rings. The third-order valence-corrected chi connectivity index (χ3v) is 6.59. The van der Waals surface area contributed by atoms with Crippen LogP contribution in [-0.4, -0.2) is 45.0 Å². The molecule has 0 saturated heterocycles. The Balaban J connectivity index is 1.40. The lowest BCUT2D eigenvalue weighted by Gasteiger charge is -2.32. The van der Waals surface area contributed by atoms with E-state index in [1.807, 2.05) is 18.4 Å². The van der Waals surface area contributed by atoms with Crippen LogP contribution in [0.1, 0.15) is 41.9 Å². The molecule has 2 aromatic carbocycles. The van der Waals surface area contributed by atoms with Gasteiger partial charge in [0.2, 0.25) is 5.91 Å². The van der Waals surface area contributed by atoms with Gasteiger partial charge in [-0.05, 0) is 49.4 Å². The zero-order valence-electron chi connectivity index (χ0n) is 18.2. The Kier molecular flexibility index (Phi) is 6.93. The highest BCUT2D eigenvalue weighted by molar-refractivity contribution is 7.98. The zero-order chi connectivity index (χ0) is 23.4. The van der Waals surface area contributed by atoms with Crippen molar-refractivity contribution in [2.75, 3.05) is 6.26 Å². The number of nitrogens with zero attached hydrogens (tertiary/aromatic N) is 2. The SMILES string of the molecule is CSc1ccc(C(=O)NC2CCCCC2NC(=O)Cc2nc3c([N+](=O)[O-])cccc3[nH]2)cc1. The molecule has 3 N–H and O–H groups in total. The molecule has 1 heterocycles. The van der Waals surface area contributed by atoms with E-state index in [4.69, 9.17) is 0 Å². The van der Waals surface area contributed by atoms with Gasteiger partial charge < -0.3 is 15.6 Å². The average Bonchev–Trinajstić information content (AvgIpc) is 3.22. The van der Waals surface area contributed by atoms with Crippen LogP contribution >= 0.6 is 11.8 Å². The Bertz CT molecular complexity index is 1180. The highest BCUT2D eigenvalue weighted by Crippen LogP contribution is 2.24. The van der Waals surface area contributed by atoms with Crippen molar-refractivity contribution in [1.29, 1.82) is 0 Å². The van der Waals surface area contributed by atoms with Crippen molar-refractivity contribution < 1.29 is 14.5 Å². The van der Waals surface area contributed by atoms with E-state index >= 15 is 0 Å². The van der Waals surface area contributed by atoms with Gasteiger partial charge in [-0.25, -0.2) is 4.98 Å². The standard InChI is InChI=1S/C23H25N5O4S/c1-33-15-11-9-14(10-12-15)23(30)26-17-6-3-2-5-16(17)25-21(29)13-20-24-18-7-4-8-19(28(31)32)22(18)27-20/h4,7-12,16-17H,2-3,5-6,13H2,1H3,(H,24,27)(H,25,29)(H,26,30). The Morgan fingerprint density at radius 3 is 2.48 bits per heavy atom. The van der Waals surface area contributed by atoms with Gasteiger partial charge in [-0.2, -0.15) is 0 Å². The van der Waals surface area contributed by atoms with E-state index in [9.17, 15) is 19.7 Å². The van der Waals surface area contributed by atoms with Crippen LogP contribution in [0.3, 0.4) is 0 Å². The minimum absolute atomic E-state index is 0.0286. The maximum Gasteiger partial charge on any atom is 0.297 e. The number of H-pyrrole nitrogens is 1. The molecule has 9 nitrogen and oxygen atoms in total. The van der Waals surface area contributed by atoms with E-state index in [1.54, 1.807) is 36.0 Å². The van der Waals surface area contributed by atoms with Crippen molar-refractivity contribution in [3.8, 4) is 0 Å². The number of nitro benzene ring substituents is 1. The number of nitro groups is 1. The van der Waals surface area contributed by atoms with Gasteiger partial charge in [0.25, 0.3) is 11.6 Å². The highest BCUT2D eigenvalue weighted by Gasteiger charge is 2.28. The average molecular weight is 468 g/mol. The molecule has 0 bridgehead atoms. The van der Waals surface area contributed by atoms with Gasteiger partial charge in [0.1, 0.15) is 5.82 Å². The molecule has 10 heteroatoms. The third-order valence-electron chi connectivity index (χ3n) is 5.85. The van der Waals surface area contributed by atoms with E-state index in [2.05, 4.69) is 20.6 Å². The quantitative estimate of drug-likeness (QED) is 0.277. The number of carbonyl (C=O) groups excluding carboxylic acids is 2. The maximum absolute atomic E-state index is 12.7. The predicted molar refractivity (Wildman–Crippen MR) is 126 cm³/mol. The minimum Gasteiger partial charge on any atom is -0.351 e. The molecular formula is C23H25N5O4S. The Morgan fingerprint density at radius 1 is 1.12 bits per heavy atom. The van der Waals surface area contributed by atoms with Crippen molar-refractivity contribution in [1.82, 2.24) is 20.6 Å². The number of nitrogens with one attached hydrogen (secondary N) is 3. The highest BCUT2D eigenvalue weighted by atomic mass is 32.2. The van der Waals surface area contributed by atoms with Gasteiger partial charge in [-0.3, -0.25) is 19.7 Å². The topological polar surface area (TPSA) is 130 Å². The van der Waals surface area contributed by atoms with Crippen LogP contribution in [-0.2, 0) is 11.2 Å². The summed E-state index contributed by atoms with van der Waals surface area (Å²) < 4.78 is 0. The van der Waals surface area contributed by atoms with E-state index in [1.165, 1.54) is 6.07 Å². The first-order chi connectivity index (χ1) is 15.9. The minimum atomic E-state index is -0.489. The molecule has 2 atom stereocenters. The second kappa shape index (κ2) is 10.0. The lowest BCUT2D eigenvalue weighted by Crippen LogP contribution is -2.53. The van der Waals surface area contributed by atoms with Gasteiger partial charge in [-0.1, -0.05) is 18.9 Å². The number of para-hydroxylation sites is 1. The van der Waals surface area contributed by atoms with Gasteiger partial charge in [-0.15, -0.1) is 11.8 Å². The van der Waals surface area contributed by atoms with E-state index < -0.39 is 4.92 Å². The first-order valence-electron chi connectivity index (χ1n) is 10.8. The number of aromatic nitrogens is 2. The number of aromatic amines is 1. The van der Waals surface area contributed by atoms with Crippen LogP contribution < -0.4 is 10.6 Å². The number of amides is 2. The van der Waals surface area contributed by atoms with E-state index in [0.29, 0.717) is 16.9 Å². The monoisotopic (exact) mass is 467 g/mol. The van der Waals surface area contributed by atoms with Crippen LogP contribution in [0, 0.1) is 10.1 Å². The van der Waals surface area contributed by atoms with Gasteiger partial charge in [0.15, 0.2) is 5.52 Å². The van der Waals surface area contributed by atoms with Crippen molar-refractivity contribution in [2.45, 2.75) is 49.1 Å². The second-order valence-corrected chi connectivity index (χ2v) is 8.94. The van der Waals surface area contributed by atoms with Crippen LogP contribution in [0.2, 0.25) is 0 Å². The summed E-state index contributed by atoms with van der Waals surface area (Å²) in [5, 5.41) is 17.3. The summed E-state index contributed by atoms with van der Waals surface area (Å²) in [6.45, 7) is 0. The molecule has 172 valence electrons. The smallest absolute Gasteiger partial charge is 0.297 e. The number of hydrogen-bond acceptors (Lipinski definition) is 6. The summed E-state index contributed by atoms with van der Waals surface area (Å²) >= 11 is 1.62. The summed E-state index contributed by atoms with van der Waals surface area (Å²) in [6, 6.07) is 11.7. The zero-order valence-corrected chi connectivity index (χ0v) is 19.0. The van der Waals surface area contributed by atoms with Crippen molar-refractivity contribution >= 4 is 40.3 Å². The van der Waals surface area contributed by atoms with Crippen LogP contribution in [0.15, 0.2) is 47.4 Å². The predicted octanol–water partition coefficient (Wildman–Crippen LogP) is 3.59. The number of imidazole rings is 1. The largest absolute Gasteiger partial charge is 0.351 e. The first kappa shape index (κ1) is 22.8. The van der Waals surface area contributed by atoms with Crippen LogP contribution in [0.5, 0.6) is 0 Å². The summed E-state index contributed by atoms with van der Waals surface area (Å²) in [5.74, 6) is -0.0346. The van der Waals surface area contributed by atoms with E-state index in [-0.39, 0.29) is 41.5 Å². The normalized spacial score (nSPS) is 18.1. The lowest BCUT2D eigenvalue weighted by atomic mass is 9.90. The molecule has 2 amide bonds. The van der Waals surface area contributed by atoms with Crippen molar-refractivity contribution in [3.05, 3.63) is 64.0 Å². The number of non-ortho nitro benzene ring substituents is 1. The van der Waals surface area contributed by atoms with E-state index in [0.717, 1.165) is 30.6 Å². The molecule has 3 aromatic rings. The maximum atomic E-state index is 12.7. The molecule has 1 aromatic heterocycles. The first-order valence-corrected chi connectivity index (χ1v) is 12.0. The number of benzene rings is 2. The number of carbonyl (C=O) groups is 2. The summed E-state index contributed by atoms with van der Waals surface area (Å²) in [6.07, 6.45) is 5.47. The number of rotatable bonds is 7. The van der Waals surface area contributed by atoms with Gasteiger partial charge in [0, 0.05) is 28.6 Å². The number of hydrogen-bond donors (Lipinski definition) is 3. The number of thioether (sulfide) groups is 1. The van der Waals surface area contributed by atoms with Gasteiger partial charge >= 0.3 is 0 Å². The molecule has 33 heavy (non-hydrogen) atoms. The molecule has 4 rings (SSSR count). The summed E-state index contributed by atoms with van der Waals surface area (Å²) in [4.78, 5) is 44.5. The molecule has 0 radical (unpaired) electrons. The molecular weight excluding hydrogens is 442 g/mol. The molecule has 0 aliphatic heterocycles. The fourth-order valence-corrected chi connectivity index (χ4v) is 4.59. The molecule has 0 spiro atoms. The fraction of sp³-hybridized carbons (Fsp3) is 0.348. The summed E-state index contributed by atoms with van der Waals surface area (Å²) in [7, 11) is 0. The third kappa shape index (κ3) is 5.33. The Hall–Kier alpha value is -3.40. The molecule has 1 aliphatic carbocycles. The van der Waals surface area contributed by atoms with Crippen molar-refractivity contribution in [3.63, 3.8) is 0 Å².